The quantitative estimate of drug-likeness (QED) is 0.167. The van der Waals surface area contributed by atoms with E-state index in [0.717, 1.165) is 69.9 Å². The SMILES string of the molecule is CC1(C)c2ccccc2-c2c(C#N)cc3c(c2-c2ccccc21)c1cc(-c2cccc4c2-c2ccccc2C4(C)C)cc2c4cc5c(cc4n3c21)C(=O)C1CCC5CC1. The van der Waals surface area contributed by atoms with Gasteiger partial charge in [-0.05, 0) is 123 Å². The lowest BCUT2D eigenvalue weighted by Gasteiger charge is -2.28. The van der Waals surface area contributed by atoms with Crippen LogP contribution in [0.2, 0.25) is 0 Å². The molecule has 3 heteroatoms. The first-order valence-electron chi connectivity index (χ1n) is 21.4. The molecule has 0 saturated heterocycles. The van der Waals surface area contributed by atoms with Crippen LogP contribution in [-0.4, -0.2) is 10.2 Å². The Kier molecular flexibility index (Phi) is 6.33. The number of nitrogens with zero attached hydrogens (tertiary/aromatic N) is 2. The molecule has 2 heterocycles. The minimum Gasteiger partial charge on any atom is -0.308 e. The highest BCUT2D eigenvalue weighted by molar-refractivity contribution is 6.29. The zero-order valence-electron chi connectivity index (χ0n) is 33.8. The molecule has 3 nitrogen and oxygen atoms in total. The fourth-order valence-electron chi connectivity index (χ4n) is 12.6. The number of nitriles is 1. The number of carbonyl (C=O) groups excluding carboxylic acids is 1. The number of ketones is 1. The summed E-state index contributed by atoms with van der Waals surface area (Å²) in [6, 6.07) is 47.8. The highest BCUT2D eigenvalue weighted by Gasteiger charge is 2.40. The lowest BCUT2D eigenvalue weighted by molar-refractivity contribution is 0.0898. The van der Waals surface area contributed by atoms with Gasteiger partial charge in [-0.2, -0.15) is 5.26 Å². The van der Waals surface area contributed by atoms with Gasteiger partial charge in [0, 0.05) is 55.0 Å². The molecule has 9 aromatic rings. The smallest absolute Gasteiger partial charge is 0.166 e. The number of benzene rings is 7. The highest BCUT2D eigenvalue weighted by atomic mass is 16.1. The van der Waals surface area contributed by atoms with Gasteiger partial charge in [0.2, 0.25) is 0 Å². The number of rotatable bonds is 1. The van der Waals surface area contributed by atoms with Crippen molar-refractivity contribution in [1.29, 1.82) is 5.26 Å². The summed E-state index contributed by atoms with van der Waals surface area (Å²) in [4.78, 5) is 14.3. The van der Waals surface area contributed by atoms with Crippen molar-refractivity contribution in [2.45, 2.75) is 70.1 Å². The van der Waals surface area contributed by atoms with Crippen LogP contribution in [0.3, 0.4) is 0 Å². The molecule has 0 amide bonds. The fourth-order valence-corrected chi connectivity index (χ4v) is 12.6. The van der Waals surface area contributed by atoms with Crippen molar-refractivity contribution >= 4 is 43.9 Å². The molecular formula is C56H42N2O. The third-order valence-corrected chi connectivity index (χ3v) is 15.4. The van der Waals surface area contributed by atoms with Crippen molar-refractivity contribution in [3.05, 3.63) is 160 Å². The van der Waals surface area contributed by atoms with E-state index < -0.39 is 0 Å². The zero-order valence-corrected chi connectivity index (χ0v) is 33.8. The number of aromatic nitrogens is 1. The molecule has 0 spiro atoms. The summed E-state index contributed by atoms with van der Waals surface area (Å²) < 4.78 is 2.42. The van der Waals surface area contributed by atoms with Crippen molar-refractivity contribution in [1.82, 2.24) is 4.40 Å². The summed E-state index contributed by atoms with van der Waals surface area (Å²) in [7, 11) is 0. The summed E-state index contributed by atoms with van der Waals surface area (Å²) in [6.45, 7) is 9.36. The molecule has 59 heavy (non-hydrogen) atoms. The predicted octanol–water partition coefficient (Wildman–Crippen LogP) is 14.1. The lowest BCUT2D eigenvalue weighted by atomic mass is 9.75. The number of hydrogen-bond acceptors (Lipinski definition) is 2. The predicted molar refractivity (Wildman–Crippen MR) is 241 cm³/mol. The first-order valence-corrected chi connectivity index (χ1v) is 21.4. The molecule has 282 valence electrons. The standard InChI is InChI=1S/C56H42N2O/c1-55(2)43-16-8-5-12-35(43)49-33(29-57)26-48-51(52(49)37-14-7-10-18-45(37)55)42-25-32(34-15-11-19-46-50(34)36-13-6-9-17-44(36)56(46,3)4)24-40-39-27-38-30-20-22-31(23-21-30)54(59)41(38)28-47(39)58(48)53(40)42/h5-19,24-28,30-31H,20-23H2,1-4H3. The molecule has 0 aliphatic heterocycles. The largest absolute Gasteiger partial charge is 0.308 e. The van der Waals surface area contributed by atoms with E-state index in [1.165, 1.54) is 71.8 Å². The van der Waals surface area contributed by atoms with Gasteiger partial charge in [0.25, 0.3) is 0 Å². The fraction of sp³-hybridized carbons (Fsp3) is 0.214. The van der Waals surface area contributed by atoms with Crippen molar-refractivity contribution in [2.24, 2.45) is 5.92 Å². The van der Waals surface area contributed by atoms with Gasteiger partial charge in [0.1, 0.15) is 0 Å². The Hall–Kier alpha value is -6.50. The van der Waals surface area contributed by atoms with Crippen molar-refractivity contribution in [3.63, 3.8) is 0 Å². The van der Waals surface area contributed by atoms with Gasteiger partial charge in [-0.15, -0.1) is 0 Å². The topological polar surface area (TPSA) is 45.3 Å². The van der Waals surface area contributed by atoms with Crippen LogP contribution in [0.5, 0.6) is 0 Å². The van der Waals surface area contributed by atoms with Crippen molar-refractivity contribution in [2.75, 3.05) is 0 Å². The number of hydrogen-bond donors (Lipinski definition) is 0. The van der Waals surface area contributed by atoms with E-state index in [2.05, 4.69) is 159 Å². The van der Waals surface area contributed by atoms with Gasteiger partial charge in [-0.3, -0.25) is 4.79 Å². The molecule has 1 saturated carbocycles. The second-order valence-corrected chi connectivity index (χ2v) is 18.9. The Balaban J connectivity index is 1.25. The zero-order chi connectivity index (χ0) is 39.7. The second kappa shape index (κ2) is 11.2. The normalized spacial score (nSPS) is 19.2. The molecule has 2 bridgehead atoms. The molecular weight excluding hydrogens is 717 g/mol. The van der Waals surface area contributed by atoms with Crippen LogP contribution in [-0.2, 0) is 10.8 Å². The Morgan fingerprint density at radius 2 is 1.10 bits per heavy atom. The summed E-state index contributed by atoms with van der Waals surface area (Å²) in [5, 5.41) is 15.9. The minimum absolute atomic E-state index is 0.107. The van der Waals surface area contributed by atoms with Crippen LogP contribution in [0.15, 0.2) is 121 Å². The maximum absolute atomic E-state index is 14.3. The van der Waals surface area contributed by atoms with Crippen molar-refractivity contribution < 1.29 is 4.79 Å². The monoisotopic (exact) mass is 758 g/mol. The van der Waals surface area contributed by atoms with E-state index in [1.807, 2.05) is 0 Å². The van der Waals surface area contributed by atoms with E-state index >= 15 is 0 Å². The van der Waals surface area contributed by atoms with E-state index in [1.54, 1.807) is 0 Å². The average molecular weight is 759 g/mol. The Bertz CT molecular complexity index is 3430. The number of fused-ring (bicyclic) bond motifs is 17. The van der Waals surface area contributed by atoms with E-state index in [0.29, 0.717) is 17.3 Å². The van der Waals surface area contributed by atoms with E-state index in [-0.39, 0.29) is 16.7 Å². The second-order valence-electron chi connectivity index (χ2n) is 18.9. The maximum atomic E-state index is 14.3. The van der Waals surface area contributed by atoms with Gasteiger partial charge < -0.3 is 4.40 Å². The number of Topliss-reactive ketones (excluding diaryl/α,β-unsaturated/α-hetero) is 1. The van der Waals surface area contributed by atoms with Crippen LogP contribution in [0, 0.1) is 17.2 Å². The van der Waals surface area contributed by atoms with Crippen LogP contribution in [0.1, 0.15) is 103 Å². The third-order valence-electron chi connectivity index (χ3n) is 15.4. The van der Waals surface area contributed by atoms with Crippen LogP contribution in [0.4, 0.5) is 0 Å². The van der Waals surface area contributed by atoms with Gasteiger partial charge in [-0.1, -0.05) is 119 Å². The number of carbonyl (C=O) groups is 1. The average Bonchev–Trinajstić information content (AvgIpc) is 3.77. The molecule has 5 aliphatic rings. The van der Waals surface area contributed by atoms with Crippen LogP contribution in [0.25, 0.3) is 82.6 Å². The first-order chi connectivity index (χ1) is 28.7. The van der Waals surface area contributed by atoms with Gasteiger partial charge in [-0.25, -0.2) is 0 Å². The molecule has 14 rings (SSSR count). The van der Waals surface area contributed by atoms with E-state index in [9.17, 15) is 10.1 Å². The highest BCUT2D eigenvalue weighted by Crippen LogP contribution is 2.57. The van der Waals surface area contributed by atoms with Gasteiger partial charge in [0.05, 0.1) is 28.2 Å². The molecule has 5 aliphatic carbocycles. The summed E-state index contributed by atoms with van der Waals surface area (Å²) in [5.41, 5.74) is 20.3. The molecule has 1 fully saturated rings. The lowest BCUT2D eigenvalue weighted by Crippen LogP contribution is -2.19. The third kappa shape index (κ3) is 4.05. The van der Waals surface area contributed by atoms with Crippen LogP contribution >= 0.6 is 0 Å². The summed E-state index contributed by atoms with van der Waals surface area (Å²) >= 11 is 0. The Labute approximate surface area is 343 Å². The van der Waals surface area contributed by atoms with Gasteiger partial charge in [0.15, 0.2) is 5.78 Å². The molecule has 0 atom stereocenters. The van der Waals surface area contributed by atoms with Gasteiger partial charge >= 0.3 is 0 Å². The van der Waals surface area contributed by atoms with E-state index in [4.69, 9.17) is 0 Å². The molecule has 7 aromatic carbocycles. The summed E-state index contributed by atoms with van der Waals surface area (Å²) in [5.74, 6) is 0.827. The summed E-state index contributed by atoms with van der Waals surface area (Å²) in [6.07, 6.45) is 4.11. The van der Waals surface area contributed by atoms with Crippen molar-refractivity contribution in [3.8, 4) is 50.6 Å². The molecule has 2 aromatic heterocycles. The molecule has 0 radical (unpaired) electrons. The first kappa shape index (κ1) is 33.5. The molecule has 0 N–H and O–H groups in total. The minimum atomic E-state index is -0.314. The molecule has 0 unspecified atom stereocenters. The van der Waals surface area contributed by atoms with Crippen LogP contribution < -0.4 is 0 Å². The maximum Gasteiger partial charge on any atom is 0.166 e. The Morgan fingerprint density at radius 1 is 0.542 bits per heavy atom. The Morgan fingerprint density at radius 3 is 1.78 bits per heavy atom.